The van der Waals surface area contributed by atoms with Crippen LogP contribution in [0.5, 0.6) is 0 Å². The first kappa shape index (κ1) is 13.0. The van der Waals surface area contributed by atoms with Gasteiger partial charge in [-0.05, 0) is 49.7 Å². The highest BCUT2D eigenvalue weighted by molar-refractivity contribution is 9.10. The molecule has 6 heteroatoms. The first-order chi connectivity index (χ1) is 7.74. The minimum Gasteiger partial charge on any atom is -0.398 e. The zero-order chi connectivity index (χ0) is 12.8. The van der Waals surface area contributed by atoms with Gasteiger partial charge in [-0.1, -0.05) is 0 Å². The van der Waals surface area contributed by atoms with E-state index < -0.39 is 24.1 Å². The van der Waals surface area contributed by atoms with E-state index in [1.807, 2.05) is 27.7 Å². The Labute approximate surface area is 109 Å². The average Bonchev–Trinajstić information content (AvgIpc) is 2.40. The number of aromatic nitrogens is 1. The fourth-order valence-electron chi connectivity index (χ4n) is 1.55. The normalized spacial score (nSPS) is 21.9. The Kier molecular flexibility index (Phi) is 3.08. The van der Waals surface area contributed by atoms with E-state index in [2.05, 4.69) is 20.9 Å². The molecule has 1 aliphatic rings. The molecule has 0 saturated carbocycles. The van der Waals surface area contributed by atoms with Crippen LogP contribution >= 0.6 is 15.9 Å². The van der Waals surface area contributed by atoms with E-state index in [0.29, 0.717) is 4.47 Å². The van der Waals surface area contributed by atoms with Crippen LogP contribution in [-0.4, -0.2) is 23.3 Å². The van der Waals surface area contributed by atoms with Crippen molar-refractivity contribution in [2.45, 2.75) is 38.9 Å². The molecule has 1 aliphatic heterocycles. The molecule has 1 aromatic rings. The largest absolute Gasteiger partial charge is 0.517 e. The van der Waals surface area contributed by atoms with E-state index >= 15 is 0 Å². The molecule has 0 aromatic carbocycles. The number of pyridine rings is 1. The molecule has 17 heavy (non-hydrogen) atoms. The molecular formula is C11H14BBrFNO2. The Bertz CT molecular complexity index is 437. The molecule has 2 heterocycles. The molecule has 0 atom stereocenters. The second-order valence-electron chi connectivity index (χ2n) is 5.08. The lowest BCUT2D eigenvalue weighted by molar-refractivity contribution is 0.00578. The van der Waals surface area contributed by atoms with Gasteiger partial charge in [0.05, 0.1) is 15.7 Å². The fraction of sp³-hybridized carbons (Fsp3) is 0.545. The monoisotopic (exact) mass is 301 g/mol. The summed E-state index contributed by atoms with van der Waals surface area (Å²) in [4.78, 5) is 4.00. The molecule has 92 valence electrons. The zero-order valence-electron chi connectivity index (χ0n) is 10.3. The lowest BCUT2D eigenvalue weighted by atomic mass is 9.84. The van der Waals surface area contributed by atoms with Crippen molar-refractivity contribution in [1.29, 1.82) is 0 Å². The highest BCUT2D eigenvalue weighted by Crippen LogP contribution is 2.36. The smallest absolute Gasteiger partial charge is 0.398 e. The van der Waals surface area contributed by atoms with E-state index in [1.165, 1.54) is 6.20 Å². The van der Waals surface area contributed by atoms with E-state index in [1.54, 1.807) is 6.07 Å². The van der Waals surface area contributed by atoms with E-state index in [-0.39, 0.29) is 5.59 Å². The summed E-state index contributed by atoms with van der Waals surface area (Å²) in [5.74, 6) is -0.439. The van der Waals surface area contributed by atoms with Gasteiger partial charge in [0.1, 0.15) is 5.59 Å². The molecule has 1 fully saturated rings. The Morgan fingerprint density at radius 3 is 2.29 bits per heavy atom. The van der Waals surface area contributed by atoms with Gasteiger partial charge in [0.15, 0.2) is 5.82 Å². The maximum atomic E-state index is 13.9. The summed E-state index contributed by atoms with van der Waals surface area (Å²) in [5.41, 5.74) is -0.805. The number of nitrogens with zero attached hydrogens (tertiary/aromatic N) is 1. The first-order valence-corrected chi connectivity index (χ1v) is 6.19. The van der Waals surface area contributed by atoms with Gasteiger partial charge in [0.25, 0.3) is 0 Å². The topological polar surface area (TPSA) is 31.4 Å². The lowest BCUT2D eigenvalue weighted by Gasteiger charge is -2.32. The van der Waals surface area contributed by atoms with Crippen molar-refractivity contribution >= 4 is 28.6 Å². The van der Waals surface area contributed by atoms with Crippen LogP contribution in [0.3, 0.4) is 0 Å². The van der Waals surface area contributed by atoms with Gasteiger partial charge in [0, 0.05) is 6.20 Å². The minimum absolute atomic E-state index is 0.179. The maximum absolute atomic E-state index is 13.9. The lowest BCUT2D eigenvalue weighted by Crippen LogP contribution is -2.41. The van der Waals surface area contributed by atoms with Gasteiger partial charge >= 0.3 is 7.12 Å². The van der Waals surface area contributed by atoms with Gasteiger partial charge < -0.3 is 9.31 Å². The third-order valence-electron chi connectivity index (χ3n) is 3.35. The second-order valence-corrected chi connectivity index (χ2v) is 5.93. The van der Waals surface area contributed by atoms with Crippen LogP contribution in [0.4, 0.5) is 4.39 Å². The van der Waals surface area contributed by atoms with Crippen LogP contribution in [0.25, 0.3) is 0 Å². The molecule has 3 nitrogen and oxygen atoms in total. The summed E-state index contributed by atoms with van der Waals surface area (Å²) in [5, 5.41) is 0. The van der Waals surface area contributed by atoms with Crippen LogP contribution in [-0.2, 0) is 9.31 Å². The van der Waals surface area contributed by atoms with Crippen molar-refractivity contribution in [3.8, 4) is 0 Å². The molecule has 0 unspecified atom stereocenters. The standard InChI is InChI=1S/C11H14BBrFNO2/c1-10(2)11(3,4)17-12(16-10)9-8(14)7(13)5-6-15-9/h5-6H,1-4H3. The Morgan fingerprint density at radius 2 is 1.76 bits per heavy atom. The fourth-order valence-corrected chi connectivity index (χ4v) is 1.88. The minimum atomic E-state index is -0.766. The number of halogens is 2. The summed E-state index contributed by atoms with van der Waals surface area (Å²) in [6.07, 6.45) is 1.52. The highest BCUT2D eigenvalue weighted by atomic mass is 79.9. The van der Waals surface area contributed by atoms with Gasteiger partial charge in [-0.15, -0.1) is 0 Å². The Hall–Kier alpha value is -0.455. The van der Waals surface area contributed by atoms with Crippen molar-refractivity contribution in [1.82, 2.24) is 4.98 Å². The summed E-state index contributed by atoms with van der Waals surface area (Å²) in [7, 11) is -0.766. The van der Waals surface area contributed by atoms with Gasteiger partial charge in [-0.25, -0.2) is 4.39 Å². The number of hydrogen-bond acceptors (Lipinski definition) is 3. The molecule has 0 bridgehead atoms. The zero-order valence-corrected chi connectivity index (χ0v) is 11.8. The van der Waals surface area contributed by atoms with Gasteiger partial charge in [-0.2, -0.15) is 0 Å². The maximum Gasteiger partial charge on any atom is 0.517 e. The van der Waals surface area contributed by atoms with Crippen LogP contribution in [0.15, 0.2) is 16.7 Å². The molecule has 0 aliphatic carbocycles. The van der Waals surface area contributed by atoms with Crippen molar-refractivity contribution in [3.63, 3.8) is 0 Å². The Balaban J connectivity index is 2.36. The molecular weight excluding hydrogens is 288 g/mol. The SMILES string of the molecule is CC1(C)OB(c2nccc(Br)c2F)OC1(C)C. The van der Waals surface area contributed by atoms with Crippen molar-refractivity contribution in [3.05, 3.63) is 22.6 Å². The first-order valence-electron chi connectivity index (χ1n) is 5.40. The molecule has 0 spiro atoms. The molecule has 0 radical (unpaired) electrons. The molecule has 0 amide bonds. The predicted molar refractivity (Wildman–Crippen MR) is 67.6 cm³/mol. The van der Waals surface area contributed by atoms with E-state index in [9.17, 15) is 4.39 Å². The van der Waals surface area contributed by atoms with Crippen LogP contribution in [0, 0.1) is 5.82 Å². The predicted octanol–water partition coefficient (Wildman–Crippen LogP) is 2.28. The van der Waals surface area contributed by atoms with Crippen molar-refractivity contribution < 1.29 is 13.7 Å². The highest BCUT2D eigenvalue weighted by Gasteiger charge is 2.53. The van der Waals surface area contributed by atoms with Crippen molar-refractivity contribution in [2.75, 3.05) is 0 Å². The van der Waals surface area contributed by atoms with Crippen LogP contribution < -0.4 is 5.59 Å². The molecule has 0 N–H and O–H groups in total. The Morgan fingerprint density at radius 1 is 1.24 bits per heavy atom. The van der Waals surface area contributed by atoms with Crippen LogP contribution in [0.2, 0.25) is 0 Å². The average molecular weight is 302 g/mol. The number of rotatable bonds is 1. The second kappa shape index (κ2) is 4.04. The van der Waals surface area contributed by atoms with Crippen molar-refractivity contribution in [2.24, 2.45) is 0 Å². The van der Waals surface area contributed by atoms with Crippen LogP contribution in [0.1, 0.15) is 27.7 Å². The molecule has 1 aromatic heterocycles. The quantitative estimate of drug-likeness (QED) is 0.746. The molecule has 1 saturated heterocycles. The van der Waals surface area contributed by atoms with E-state index in [4.69, 9.17) is 9.31 Å². The van der Waals surface area contributed by atoms with E-state index in [0.717, 1.165) is 0 Å². The molecule has 2 rings (SSSR count). The summed E-state index contributed by atoms with van der Waals surface area (Å²) < 4.78 is 25.7. The summed E-state index contributed by atoms with van der Waals surface area (Å²) in [6.45, 7) is 7.68. The third kappa shape index (κ3) is 2.14. The third-order valence-corrected chi connectivity index (χ3v) is 3.96. The summed E-state index contributed by atoms with van der Waals surface area (Å²) >= 11 is 3.12. The van der Waals surface area contributed by atoms with Gasteiger partial charge in [-0.3, -0.25) is 4.98 Å². The number of hydrogen-bond donors (Lipinski definition) is 0. The summed E-state index contributed by atoms with van der Waals surface area (Å²) in [6, 6.07) is 1.55. The van der Waals surface area contributed by atoms with Gasteiger partial charge in [0.2, 0.25) is 0 Å².